The van der Waals surface area contributed by atoms with Crippen molar-refractivity contribution in [3.05, 3.63) is 104 Å². The molecule has 2 amide bonds. The molecule has 14 heteroatoms. The summed E-state index contributed by atoms with van der Waals surface area (Å²) in [5.41, 5.74) is 2.05. The molecule has 0 bridgehead atoms. The van der Waals surface area contributed by atoms with E-state index < -0.39 is 16.8 Å². The quantitative estimate of drug-likeness (QED) is 0.0974. The molecule has 216 valence electrons. The average Bonchev–Trinajstić information content (AvgIpc) is 3.38. The Bertz CT molecular complexity index is 1630. The van der Waals surface area contributed by atoms with Crippen LogP contribution in [0, 0.1) is 17.0 Å². The first kappa shape index (κ1) is 30.4. The predicted molar refractivity (Wildman–Crippen MR) is 160 cm³/mol. The average molecular weight is 654 g/mol. The molecule has 0 saturated heterocycles. The lowest BCUT2D eigenvalue weighted by Crippen LogP contribution is -2.25. The standard InChI is InChI=1S/C28H25BrN6O6S/c1-3-41-27(38)18-6-10-21(11-7-18)31-25(36)16-42-28-33-32-24(34(28)22-12-8-20(29)9-13-22)15-30-26(37)19-5-4-17(2)23(14-19)35(39)40/h4-14H,3,15-16H2,1-2H3,(H,30,37)(H,31,36). The fourth-order valence-electron chi connectivity index (χ4n) is 3.80. The number of amides is 2. The lowest BCUT2D eigenvalue weighted by molar-refractivity contribution is -0.385. The molecule has 1 heterocycles. The number of rotatable bonds is 11. The molecule has 2 N–H and O–H groups in total. The Labute approximate surface area is 253 Å². The van der Waals surface area contributed by atoms with Crippen molar-refractivity contribution in [2.24, 2.45) is 0 Å². The van der Waals surface area contributed by atoms with Crippen molar-refractivity contribution in [1.82, 2.24) is 20.1 Å². The Balaban J connectivity index is 1.47. The van der Waals surface area contributed by atoms with Gasteiger partial charge in [-0.1, -0.05) is 33.8 Å². The fraction of sp³-hybridized carbons (Fsp3) is 0.179. The van der Waals surface area contributed by atoms with E-state index in [1.165, 1.54) is 18.2 Å². The number of aromatic nitrogens is 3. The van der Waals surface area contributed by atoms with Crippen molar-refractivity contribution >= 4 is 56.9 Å². The van der Waals surface area contributed by atoms with Gasteiger partial charge in [-0.2, -0.15) is 0 Å². The Morgan fingerprint density at radius 2 is 1.71 bits per heavy atom. The van der Waals surface area contributed by atoms with E-state index in [-0.39, 0.29) is 36.1 Å². The van der Waals surface area contributed by atoms with Gasteiger partial charge in [-0.3, -0.25) is 24.3 Å². The number of nitrogens with zero attached hydrogens (tertiary/aromatic N) is 4. The lowest BCUT2D eigenvalue weighted by atomic mass is 10.1. The van der Waals surface area contributed by atoms with E-state index in [2.05, 4.69) is 36.8 Å². The SMILES string of the molecule is CCOC(=O)c1ccc(NC(=O)CSc2nnc(CNC(=O)c3ccc(C)c([N+](=O)[O-])c3)n2-c2ccc(Br)cc2)cc1. The van der Waals surface area contributed by atoms with Gasteiger partial charge in [-0.15, -0.1) is 10.2 Å². The molecule has 0 atom stereocenters. The highest BCUT2D eigenvalue weighted by Crippen LogP contribution is 2.24. The molecule has 0 aliphatic carbocycles. The van der Waals surface area contributed by atoms with Crippen LogP contribution in [0.15, 0.2) is 76.4 Å². The summed E-state index contributed by atoms with van der Waals surface area (Å²) in [5.74, 6) is -0.848. The summed E-state index contributed by atoms with van der Waals surface area (Å²) in [6.45, 7) is 3.57. The summed E-state index contributed by atoms with van der Waals surface area (Å²) in [6, 6.07) is 18.0. The maximum absolute atomic E-state index is 12.8. The first-order chi connectivity index (χ1) is 20.2. The number of esters is 1. The molecule has 0 unspecified atom stereocenters. The van der Waals surface area contributed by atoms with E-state index in [0.717, 1.165) is 16.2 Å². The number of nitrogens with one attached hydrogen (secondary N) is 2. The molecule has 0 spiro atoms. The van der Waals surface area contributed by atoms with Crippen molar-refractivity contribution in [3.63, 3.8) is 0 Å². The lowest BCUT2D eigenvalue weighted by Gasteiger charge is -2.12. The molecular weight excluding hydrogens is 628 g/mol. The van der Waals surface area contributed by atoms with E-state index >= 15 is 0 Å². The van der Waals surface area contributed by atoms with E-state index in [1.54, 1.807) is 42.7 Å². The van der Waals surface area contributed by atoms with Gasteiger partial charge in [-0.25, -0.2) is 4.79 Å². The topological polar surface area (TPSA) is 158 Å². The number of anilines is 1. The second-order valence-corrected chi connectivity index (χ2v) is 10.6. The molecular formula is C28H25BrN6O6S. The van der Waals surface area contributed by atoms with Gasteiger partial charge in [0.2, 0.25) is 5.91 Å². The molecule has 0 radical (unpaired) electrons. The summed E-state index contributed by atoms with van der Waals surface area (Å²) in [4.78, 5) is 48.1. The van der Waals surface area contributed by atoms with Crippen LogP contribution < -0.4 is 10.6 Å². The Morgan fingerprint density at radius 3 is 2.38 bits per heavy atom. The number of nitro benzene ring substituents is 1. The Morgan fingerprint density at radius 1 is 1.02 bits per heavy atom. The van der Waals surface area contributed by atoms with Gasteiger partial charge < -0.3 is 15.4 Å². The van der Waals surface area contributed by atoms with Crippen LogP contribution in [-0.4, -0.2) is 49.8 Å². The number of ether oxygens (including phenoxy) is 1. The highest BCUT2D eigenvalue weighted by Gasteiger charge is 2.19. The smallest absolute Gasteiger partial charge is 0.338 e. The summed E-state index contributed by atoms with van der Waals surface area (Å²) in [7, 11) is 0. The fourth-order valence-corrected chi connectivity index (χ4v) is 4.83. The largest absolute Gasteiger partial charge is 0.462 e. The normalized spacial score (nSPS) is 10.6. The van der Waals surface area contributed by atoms with Gasteiger partial charge in [-0.05, 0) is 68.4 Å². The third-order valence-corrected chi connectivity index (χ3v) is 7.33. The number of carbonyl (C=O) groups excluding carboxylic acids is 3. The summed E-state index contributed by atoms with van der Waals surface area (Å²) in [6.07, 6.45) is 0. The number of benzene rings is 3. The molecule has 0 aliphatic rings. The van der Waals surface area contributed by atoms with Crippen LogP contribution in [0.3, 0.4) is 0 Å². The molecule has 3 aromatic carbocycles. The minimum Gasteiger partial charge on any atom is -0.462 e. The van der Waals surface area contributed by atoms with E-state index in [1.807, 2.05) is 24.3 Å². The zero-order valence-corrected chi connectivity index (χ0v) is 24.9. The van der Waals surface area contributed by atoms with E-state index in [9.17, 15) is 24.5 Å². The minimum absolute atomic E-state index is 0.00762. The second kappa shape index (κ2) is 13.9. The van der Waals surface area contributed by atoms with E-state index in [0.29, 0.717) is 33.5 Å². The van der Waals surface area contributed by atoms with Crippen LogP contribution >= 0.6 is 27.7 Å². The number of halogens is 1. The predicted octanol–water partition coefficient (Wildman–Crippen LogP) is 5.08. The van der Waals surface area contributed by atoms with Crippen molar-refractivity contribution in [2.75, 3.05) is 17.7 Å². The maximum atomic E-state index is 12.8. The first-order valence-electron chi connectivity index (χ1n) is 12.6. The van der Waals surface area contributed by atoms with Crippen molar-refractivity contribution in [2.45, 2.75) is 25.5 Å². The Hall–Kier alpha value is -4.56. The molecule has 42 heavy (non-hydrogen) atoms. The first-order valence-corrected chi connectivity index (χ1v) is 14.4. The van der Waals surface area contributed by atoms with Gasteiger partial charge in [0.25, 0.3) is 11.6 Å². The summed E-state index contributed by atoms with van der Waals surface area (Å²) in [5, 5.41) is 25.7. The molecule has 0 saturated carbocycles. The van der Waals surface area contributed by atoms with Gasteiger partial charge in [0.05, 0.1) is 29.4 Å². The van der Waals surface area contributed by atoms with Gasteiger partial charge >= 0.3 is 5.97 Å². The van der Waals surface area contributed by atoms with Crippen LogP contribution in [0.2, 0.25) is 0 Å². The molecule has 12 nitrogen and oxygen atoms in total. The van der Waals surface area contributed by atoms with Crippen molar-refractivity contribution in [3.8, 4) is 5.69 Å². The summed E-state index contributed by atoms with van der Waals surface area (Å²) >= 11 is 4.56. The number of thioether (sulfide) groups is 1. The van der Waals surface area contributed by atoms with Crippen LogP contribution in [-0.2, 0) is 16.1 Å². The monoisotopic (exact) mass is 652 g/mol. The van der Waals surface area contributed by atoms with Gasteiger partial charge in [0, 0.05) is 33.0 Å². The highest BCUT2D eigenvalue weighted by molar-refractivity contribution is 9.10. The van der Waals surface area contributed by atoms with Crippen LogP contribution in [0.25, 0.3) is 5.69 Å². The van der Waals surface area contributed by atoms with Gasteiger partial charge in [0.1, 0.15) is 0 Å². The maximum Gasteiger partial charge on any atom is 0.338 e. The number of hydrogen-bond donors (Lipinski definition) is 2. The number of hydrogen-bond acceptors (Lipinski definition) is 9. The van der Waals surface area contributed by atoms with Crippen molar-refractivity contribution < 1.29 is 24.0 Å². The zero-order chi connectivity index (χ0) is 30.2. The molecule has 4 rings (SSSR count). The zero-order valence-electron chi connectivity index (χ0n) is 22.5. The van der Waals surface area contributed by atoms with Gasteiger partial charge in [0.15, 0.2) is 11.0 Å². The summed E-state index contributed by atoms with van der Waals surface area (Å²) < 4.78 is 7.55. The minimum atomic E-state index is -0.533. The molecule has 0 fully saturated rings. The van der Waals surface area contributed by atoms with E-state index in [4.69, 9.17) is 4.74 Å². The van der Waals surface area contributed by atoms with Crippen LogP contribution in [0.4, 0.5) is 11.4 Å². The van der Waals surface area contributed by atoms with Crippen LogP contribution in [0.5, 0.6) is 0 Å². The molecule has 1 aromatic heterocycles. The molecule has 0 aliphatic heterocycles. The number of aryl methyl sites for hydroxylation is 1. The Kier molecular flexibility index (Phi) is 10.0. The van der Waals surface area contributed by atoms with Crippen molar-refractivity contribution in [1.29, 1.82) is 0 Å². The van der Waals surface area contributed by atoms with Crippen LogP contribution in [0.1, 0.15) is 39.0 Å². The molecule has 4 aromatic rings. The number of nitro groups is 1. The third-order valence-electron chi connectivity index (χ3n) is 5.87. The second-order valence-electron chi connectivity index (χ2n) is 8.79. The third kappa shape index (κ3) is 7.59. The highest BCUT2D eigenvalue weighted by atomic mass is 79.9. The number of carbonyl (C=O) groups is 3.